The minimum absolute atomic E-state index is 0.822. The van der Waals surface area contributed by atoms with Crippen molar-refractivity contribution in [3.05, 3.63) is 24.5 Å². The highest BCUT2D eigenvalue weighted by molar-refractivity contribution is 8.32. The summed E-state index contributed by atoms with van der Waals surface area (Å²) in [5, 5.41) is 12.5. The van der Waals surface area contributed by atoms with Crippen molar-refractivity contribution in [3.8, 4) is 11.3 Å². The summed E-state index contributed by atoms with van der Waals surface area (Å²) in [7, 11) is -0.855. The normalized spacial score (nSPS) is 12.7. The Morgan fingerprint density at radius 3 is 2.53 bits per heavy atom. The summed E-state index contributed by atoms with van der Waals surface area (Å²) in [6.07, 6.45) is 9.83. The van der Waals surface area contributed by atoms with Crippen LogP contribution >= 0.6 is 10.0 Å². The summed E-state index contributed by atoms with van der Waals surface area (Å²) >= 11 is 0. The van der Waals surface area contributed by atoms with Crippen molar-refractivity contribution in [1.29, 1.82) is 0 Å². The fraction of sp³-hybridized carbons (Fsp3) is 0.300. The van der Waals surface area contributed by atoms with Crippen molar-refractivity contribution in [2.75, 3.05) is 18.8 Å². The molecule has 2 aromatic rings. The van der Waals surface area contributed by atoms with E-state index in [0.29, 0.717) is 0 Å². The lowest BCUT2D eigenvalue weighted by atomic mass is 10.2. The Bertz CT molecular complexity index is 447. The van der Waals surface area contributed by atoms with Gasteiger partial charge in [-0.25, -0.2) is 0 Å². The molecule has 2 aromatic heterocycles. The summed E-state index contributed by atoms with van der Waals surface area (Å²) in [6.45, 7) is 0. The Labute approximate surface area is 90.0 Å². The van der Waals surface area contributed by atoms with Crippen LogP contribution in [0, 0.1) is 0 Å². The van der Waals surface area contributed by atoms with Crippen LogP contribution in [0.3, 0.4) is 0 Å². The molecule has 0 bridgehead atoms. The molecule has 80 valence electrons. The molecule has 2 heterocycles. The van der Waals surface area contributed by atoms with Crippen LogP contribution in [-0.2, 0) is 0 Å². The molecule has 0 aromatic carbocycles. The third-order valence-corrected chi connectivity index (χ3v) is 3.37. The molecule has 0 radical (unpaired) electrons. The second-order valence-corrected chi connectivity index (χ2v) is 8.08. The van der Waals surface area contributed by atoms with Crippen LogP contribution in [-0.4, -0.2) is 34.1 Å². The largest absolute Gasteiger partial charge is 0.351 e. The molecular formula is C10H13N3OS. The molecule has 4 nitrogen and oxygen atoms in total. The lowest BCUT2D eigenvalue weighted by Crippen LogP contribution is -1.89. The Morgan fingerprint density at radius 1 is 1.20 bits per heavy atom. The highest BCUT2D eigenvalue weighted by atomic mass is 32.3. The average Bonchev–Trinajstić information content (AvgIpc) is 2.67. The summed E-state index contributed by atoms with van der Waals surface area (Å²) in [6, 6.07) is 3.85. The van der Waals surface area contributed by atoms with Crippen LogP contribution in [0.4, 0.5) is 0 Å². The first kappa shape index (κ1) is 10.2. The van der Waals surface area contributed by atoms with Gasteiger partial charge in [-0.3, -0.25) is 0 Å². The number of aromatic nitrogens is 3. The topological polar surface area (TPSA) is 51.8 Å². The second-order valence-electron chi connectivity index (χ2n) is 4.00. The third-order valence-electron chi connectivity index (χ3n) is 1.97. The van der Waals surface area contributed by atoms with Crippen LogP contribution in [0.15, 0.2) is 34.1 Å². The van der Waals surface area contributed by atoms with Gasteiger partial charge < -0.3 is 4.52 Å². The number of rotatable bonds is 2. The molecule has 0 aliphatic heterocycles. The van der Waals surface area contributed by atoms with E-state index in [1.165, 1.54) is 0 Å². The van der Waals surface area contributed by atoms with E-state index in [-0.39, 0.29) is 0 Å². The SMILES string of the molecule is CS(C)(C)c1cc(-c2ccnnc2)no1. The first-order valence-electron chi connectivity index (χ1n) is 4.49. The zero-order chi connectivity index (χ0) is 10.9. The van der Waals surface area contributed by atoms with Gasteiger partial charge in [0, 0.05) is 11.6 Å². The van der Waals surface area contributed by atoms with Gasteiger partial charge in [-0.15, -0.1) is 0 Å². The average molecular weight is 223 g/mol. The van der Waals surface area contributed by atoms with Gasteiger partial charge in [-0.05, 0) is 24.8 Å². The van der Waals surface area contributed by atoms with Crippen molar-refractivity contribution in [3.63, 3.8) is 0 Å². The van der Waals surface area contributed by atoms with Gasteiger partial charge in [0.15, 0.2) is 5.09 Å². The zero-order valence-corrected chi connectivity index (χ0v) is 9.78. The highest BCUT2D eigenvalue weighted by Crippen LogP contribution is 2.46. The predicted molar refractivity (Wildman–Crippen MR) is 61.2 cm³/mol. The molecule has 0 spiro atoms. The molecule has 0 saturated carbocycles. The van der Waals surface area contributed by atoms with Crippen molar-refractivity contribution in [1.82, 2.24) is 15.4 Å². The maximum Gasteiger partial charge on any atom is 0.176 e. The second kappa shape index (κ2) is 3.66. The standard InChI is InChI=1S/C10H13N3OS/c1-15(2,3)10-6-9(13-14-10)8-4-5-11-12-7-8/h4-7H,1-3H3. The van der Waals surface area contributed by atoms with E-state index >= 15 is 0 Å². The molecule has 2 rings (SSSR count). The van der Waals surface area contributed by atoms with Gasteiger partial charge in [-0.2, -0.15) is 20.2 Å². The van der Waals surface area contributed by atoms with Crippen molar-refractivity contribution >= 4 is 10.0 Å². The van der Waals surface area contributed by atoms with E-state index in [9.17, 15) is 0 Å². The lowest BCUT2D eigenvalue weighted by molar-refractivity contribution is 0.349. The monoisotopic (exact) mass is 223 g/mol. The number of nitrogens with zero attached hydrogens (tertiary/aromatic N) is 3. The van der Waals surface area contributed by atoms with E-state index in [0.717, 1.165) is 16.3 Å². The molecule has 0 atom stereocenters. The van der Waals surface area contributed by atoms with Crippen LogP contribution < -0.4 is 0 Å². The maximum atomic E-state index is 5.32. The van der Waals surface area contributed by atoms with E-state index in [2.05, 4.69) is 34.1 Å². The number of hydrogen-bond donors (Lipinski definition) is 0. The van der Waals surface area contributed by atoms with E-state index in [1.807, 2.05) is 12.1 Å². The molecule has 0 saturated heterocycles. The zero-order valence-electron chi connectivity index (χ0n) is 8.97. The van der Waals surface area contributed by atoms with Crippen molar-refractivity contribution in [2.45, 2.75) is 5.09 Å². The first-order valence-corrected chi connectivity index (χ1v) is 7.35. The molecule has 0 aliphatic carbocycles. The van der Waals surface area contributed by atoms with Gasteiger partial charge >= 0.3 is 0 Å². The predicted octanol–water partition coefficient (Wildman–Crippen LogP) is 2.18. The van der Waals surface area contributed by atoms with Crippen LogP contribution in [0.2, 0.25) is 0 Å². The summed E-state index contributed by atoms with van der Waals surface area (Å²) in [4.78, 5) is 0. The van der Waals surface area contributed by atoms with Crippen molar-refractivity contribution < 1.29 is 4.52 Å². The van der Waals surface area contributed by atoms with Gasteiger partial charge in [0.2, 0.25) is 0 Å². The van der Waals surface area contributed by atoms with Crippen molar-refractivity contribution in [2.24, 2.45) is 0 Å². The quantitative estimate of drug-likeness (QED) is 0.783. The van der Waals surface area contributed by atoms with Crippen LogP contribution in [0.5, 0.6) is 0 Å². The lowest BCUT2D eigenvalue weighted by Gasteiger charge is -2.19. The summed E-state index contributed by atoms with van der Waals surface area (Å²) < 4.78 is 5.32. The van der Waals surface area contributed by atoms with Crippen LogP contribution in [0.1, 0.15) is 0 Å². The molecular weight excluding hydrogens is 210 g/mol. The van der Waals surface area contributed by atoms with Gasteiger partial charge in [-0.1, -0.05) is 5.16 Å². The summed E-state index contributed by atoms with van der Waals surface area (Å²) in [5.41, 5.74) is 1.76. The molecule has 0 aliphatic rings. The Morgan fingerprint density at radius 2 is 2.00 bits per heavy atom. The fourth-order valence-electron chi connectivity index (χ4n) is 1.13. The molecule has 0 amide bonds. The third kappa shape index (κ3) is 2.18. The first-order chi connectivity index (χ1) is 7.07. The Hall–Kier alpha value is -1.36. The number of hydrogen-bond acceptors (Lipinski definition) is 4. The van der Waals surface area contributed by atoms with E-state index in [1.54, 1.807) is 12.4 Å². The van der Waals surface area contributed by atoms with Gasteiger partial charge in [0.25, 0.3) is 0 Å². The molecule has 15 heavy (non-hydrogen) atoms. The molecule has 0 N–H and O–H groups in total. The fourth-order valence-corrected chi connectivity index (χ4v) is 1.85. The van der Waals surface area contributed by atoms with Gasteiger partial charge in [0.05, 0.1) is 12.4 Å². The molecule has 0 fully saturated rings. The van der Waals surface area contributed by atoms with E-state index < -0.39 is 10.0 Å². The smallest absolute Gasteiger partial charge is 0.176 e. The van der Waals surface area contributed by atoms with Crippen LogP contribution in [0.25, 0.3) is 11.3 Å². The summed E-state index contributed by atoms with van der Waals surface area (Å²) in [5.74, 6) is 0. The highest BCUT2D eigenvalue weighted by Gasteiger charge is 2.15. The van der Waals surface area contributed by atoms with E-state index in [4.69, 9.17) is 4.52 Å². The maximum absolute atomic E-state index is 5.32. The molecule has 0 unspecified atom stereocenters. The minimum atomic E-state index is -0.855. The Balaban J connectivity index is 2.37. The van der Waals surface area contributed by atoms with Gasteiger partial charge in [0.1, 0.15) is 5.69 Å². The molecule has 5 heteroatoms. The Kier molecular flexibility index (Phi) is 2.48. The minimum Gasteiger partial charge on any atom is -0.351 e.